The van der Waals surface area contributed by atoms with Crippen LogP contribution in [-0.2, 0) is 0 Å². The topological polar surface area (TPSA) is 44.7 Å². The molecule has 1 aliphatic heterocycles. The first-order valence-electron chi connectivity index (χ1n) is 8.01. The fourth-order valence-electron chi connectivity index (χ4n) is 3.27. The van der Waals surface area contributed by atoms with Gasteiger partial charge in [-0.1, -0.05) is 6.07 Å². The van der Waals surface area contributed by atoms with E-state index in [0.29, 0.717) is 11.5 Å². The molecule has 1 aromatic rings. The summed E-state index contributed by atoms with van der Waals surface area (Å²) in [7, 11) is 1.61. The van der Waals surface area contributed by atoms with Crippen LogP contribution in [-0.4, -0.2) is 42.8 Å². The molecule has 2 unspecified atom stereocenters. The van der Waals surface area contributed by atoms with Gasteiger partial charge in [0.2, 0.25) is 0 Å². The van der Waals surface area contributed by atoms with Crippen LogP contribution in [0.3, 0.4) is 0 Å². The van der Waals surface area contributed by atoms with Crippen molar-refractivity contribution in [3.63, 3.8) is 0 Å². The zero-order valence-corrected chi connectivity index (χ0v) is 13.0. The summed E-state index contributed by atoms with van der Waals surface area (Å²) < 4.78 is 5.13. The molecule has 4 heteroatoms. The number of hydrogen-bond donors (Lipinski definition) is 2. The van der Waals surface area contributed by atoms with Crippen molar-refractivity contribution in [1.29, 1.82) is 0 Å². The van der Waals surface area contributed by atoms with Crippen molar-refractivity contribution < 1.29 is 9.84 Å². The number of hydrogen-bond acceptors (Lipinski definition) is 4. The van der Waals surface area contributed by atoms with Gasteiger partial charge in [0.05, 0.1) is 7.11 Å². The Kier molecular flexibility index (Phi) is 4.36. The summed E-state index contributed by atoms with van der Waals surface area (Å²) in [6.45, 7) is 5.63. The maximum atomic E-state index is 10.1. The molecule has 1 saturated heterocycles. The molecule has 2 fully saturated rings. The summed E-state index contributed by atoms with van der Waals surface area (Å²) in [6, 6.07) is 6.57. The fourth-order valence-corrected chi connectivity index (χ4v) is 3.27. The standard InChI is InChI=1S/C17H26N2O2/c1-12(16-6-5-15(21-2)9-17(16)20)18-10-13-7-8-19(11-13)14-3-4-14/h5-6,9,12-14,18,20H,3-4,7-8,10-11H2,1-2H3. The van der Waals surface area contributed by atoms with Crippen LogP contribution in [0.1, 0.15) is 37.8 Å². The molecule has 1 aromatic carbocycles. The number of rotatable bonds is 6. The second-order valence-electron chi connectivity index (χ2n) is 6.44. The molecular weight excluding hydrogens is 264 g/mol. The van der Waals surface area contributed by atoms with Crippen LogP contribution in [0, 0.1) is 5.92 Å². The van der Waals surface area contributed by atoms with E-state index in [1.165, 1.54) is 32.4 Å². The van der Waals surface area contributed by atoms with Crippen molar-refractivity contribution in [3.8, 4) is 11.5 Å². The number of phenols is 1. The van der Waals surface area contributed by atoms with Crippen LogP contribution in [0.2, 0.25) is 0 Å². The highest BCUT2D eigenvalue weighted by Crippen LogP contribution is 2.32. The SMILES string of the molecule is COc1ccc(C(C)NCC2CCN(C3CC3)C2)c(O)c1. The Hall–Kier alpha value is -1.26. The van der Waals surface area contributed by atoms with Crippen LogP contribution in [0.25, 0.3) is 0 Å². The molecule has 3 rings (SSSR count). The Bertz CT molecular complexity index is 488. The second kappa shape index (κ2) is 6.24. The highest BCUT2D eigenvalue weighted by Gasteiger charge is 2.34. The summed E-state index contributed by atoms with van der Waals surface area (Å²) in [5.41, 5.74) is 0.938. The molecule has 2 aliphatic rings. The van der Waals surface area contributed by atoms with Gasteiger partial charge in [0, 0.05) is 30.3 Å². The van der Waals surface area contributed by atoms with Crippen LogP contribution in [0.4, 0.5) is 0 Å². The van der Waals surface area contributed by atoms with E-state index in [4.69, 9.17) is 4.74 Å². The molecule has 0 aromatic heterocycles. The third kappa shape index (κ3) is 3.50. The Morgan fingerprint density at radius 3 is 2.86 bits per heavy atom. The van der Waals surface area contributed by atoms with Gasteiger partial charge in [-0.2, -0.15) is 0 Å². The summed E-state index contributed by atoms with van der Waals surface area (Å²) >= 11 is 0. The number of benzene rings is 1. The number of aromatic hydroxyl groups is 1. The van der Waals surface area contributed by atoms with Gasteiger partial charge in [0.1, 0.15) is 11.5 Å². The number of nitrogens with zero attached hydrogens (tertiary/aromatic N) is 1. The Balaban J connectivity index is 1.50. The first-order valence-corrected chi connectivity index (χ1v) is 8.01. The lowest BCUT2D eigenvalue weighted by atomic mass is 10.0. The average Bonchev–Trinajstić information content (AvgIpc) is 3.23. The van der Waals surface area contributed by atoms with Crippen molar-refractivity contribution in [2.45, 2.75) is 38.3 Å². The minimum Gasteiger partial charge on any atom is -0.507 e. The summed E-state index contributed by atoms with van der Waals surface area (Å²) in [5.74, 6) is 1.74. The molecule has 116 valence electrons. The van der Waals surface area contributed by atoms with Crippen molar-refractivity contribution in [2.75, 3.05) is 26.7 Å². The molecule has 4 nitrogen and oxygen atoms in total. The van der Waals surface area contributed by atoms with Gasteiger partial charge in [0.15, 0.2) is 0 Å². The summed E-state index contributed by atoms with van der Waals surface area (Å²) in [5, 5.41) is 13.7. The number of methoxy groups -OCH3 is 1. The number of likely N-dealkylation sites (tertiary alicyclic amines) is 1. The lowest BCUT2D eigenvalue weighted by molar-refractivity contribution is 0.309. The van der Waals surface area contributed by atoms with Crippen LogP contribution in [0.5, 0.6) is 11.5 Å². The zero-order chi connectivity index (χ0) is 14.8. The molecule has 0 spiro atoms. The predicted molar refractivity (Wildman–Crippen MR) is 83.8 cm³/mol. The molecule has 0 amide bonds. The molecule has 1 saturated carbocycles. The average molecular weight is 290 g/mol. The highest BCUT2D eigenvalue weighted by atomic mass is 16.5. The van der Waals surface area contributed by atoms with Gasteiger partial charge in [-0.05, 0) is 51.3 Å². The van der Waals surface area contributed by atoms with Crippen LogP contribution < -0.4 is 10.1 Å². The monoisotopic (exact) mass is 290 g/mol. The Morgan fingerprint density at radius 1 is 1.38 bits per heavy atom. The maximum Gasteiger partial charge on any atom is 0.124 e. The molecule has 1 aliphatic carbocycles. The first kappa shape index (κ1) is 14.7. The van der Waals surface area contributed by atoms with E-state index in [-0.39, 0.29) is 6.04 Å². The largest absolute Gasteiger partial charge is 0.507 e. The third-order valence-electron chi connectivity index (χ3n) is 4.80. The number of ether oxygens (including phenoxy) is 1. The van der Waals surface area contributed by atoms with Crippen LogP contribution in [0.15, 0.2) is 18.2 Å². The minimum atomic E-state index is 0.158. The normalized spacial score (nSPS) is 24.2. The quantitative estimate of drug-likeness (QED) is 0.845. The number of nitrogens with one attached hydrogen (secondary N) is 1. The van der Waals surface area contributed by atoms with E-state index in [1.807, 2.05) is 12.1 Å². The van der Waals surface area contributed by atoms with Crippen molar-refractivity contribution in [1.82, 2.24) is 10.2 Å². The van der Waals surface area contributed by atoms with E-state index >= 15 is 0 Å². The fraction of sp³-hybridized carbons (Fsp3) is 0.647. The van der Waals surface area contributed by atoms with Gasteiger partial charge in [-0.25, -0.2) is 0 Å². The van der Waals surface area contributed by atoms with Crippen molar-refractivity contribution in [3.05, 3.63) is 23.8 Å². The molecule has 1 heterocycles. The second-order valence-corrected chi connectivity index (χ2v) is 6.44. The van der Waals surface area contributed by atoms with Crippen molar-refractivity contribution in [2.24, 2.45) is 5.92 Å². The third-order valence-corrected chi connectivity index (χ3v) is 4.80. The zero-order valence-electron chi connectivity index (χ0n) is 13.0. The summed E-state index contributed by atoms with van der Waals surface area (Å²) in [4.78, 5) is 2.64. The predicted octanol–water partition coefficient (Wildman–Crippen LogP) is 2.54. The molecule has 2 N–H and O–H groups in total. The van der Waals surface area contributed by atoms with Gasteiger partial charge in [0.25, 0.3) is 0 Å². The van der Waals surface area contributed by atoms with E-state index in [9.17, 15) is 5.11 Å². The Labute approximate surface area is 127 Å². The summed E-state index contributed by atoms with van der Waals surface area (Å²) in [6.07, 6.45) is 4.09. The van der Waals surface area contributed by atoms with E-state index < -0.39 is 0 Å². The van der Waals surface area contributed by atoms with E-state index in [1.54, 1.807) is 13.2 Å². The van der Waals surface area contributed by atoms with E-state index in [2.05, 4.69) is 17.1 Å². The van der Waals surface area contributed by atoms with Gasteiger partial charge < -0.3 is 20.1 Å². The maximum absolute atomic E-state index is 10.1. The lowest BCUT2D eigenvalue weighted by Crippen LogP contribution is -2.29. The molecular formula is C17H26N2O2. The van der Waals surface area contributed by atoms with Gasteiger partial charge in [-0.3, -0.25) is 0 Å². The molecule has 2 atom stereocenters. The highest BCUT2D eigenvalue weighted by molar-refractivity contribution is 5.41. The van der Waals surface area contributed by atoms with Crippen molar-refractivity contribution >= 4 is 0 Å². The first-order chi connectivity index (χ1) is 10.2. The van der Waals surface area contributed by atoms with Gasteiger partial charge >= 0.3 is 0 Å². The minimum absolute atomic E-state index is 0.158. The molecule has 0 bridgehead atoms. The van der Waals surface area contributed by atoms with E-state index in [0.717, 1.165) is 24.1 Å². The number of phenolic OH excluding ortho intramolecular Hbond substituents is 1. The Morgan fingerprint density at radius 2 is 2.19 bits per heavy atom. The van der Waals surface area contributed by atoms with Crippen LogP contribution >= 0.6 is 0 Å². The smallest absolute Gasteiger partial charge is 0.124 e. The lowest BCUT2D eigenvalue weighted by Gasteiger charge is -2.19. The van der Waals surface area contributed by atoms with Gasteiger partial charge in [-0.15, -0.1) is 0 Å². The molecule has 0 radical (unpaired) electrons. The molecule has 21 heavy (non-hydrogen) atoms.